The van der Waals surface area contributed by atoms with E-state index in [-0.39, 0.29) is 6.09 Å². The molecule has 126 valence electrons. The first kappa shape index (κ1) is 16.1. The van der Waals surface area contributed by atoms with Crippen LogP contribution in [0.5, 0.6) is 0 Å². The number of ether oxygens (including phenoxy) is 1. The van der Waals surface area contributed by atoms with Crippen LogP contribution in [0.3, 0.4) is 0 Å². The van der Waals surface area contributed by atoms with Crippen molar-refractivity contribution >= 4 is 6.09 Å². The van der Waals surface area contributed by atoms with Gasteiger partial charge in [-0.2, -0.15) is 0 Å². The molecule has 4 rings (SSSR count). The van der Waals surface area contributed by atoms with E-state index in [1.54, 1.807) is 0 Å². The van der Waals surface area contributed by atoms with Crippen LogP contribution < -0.4 is 0 Å². The predicted molar refractivity (Wildman–Crippen MR) is 86.9 cm³/mol. The average Bonchev–Trinajstić information content (AvgIpc) is 2.72. The molecule has 0 radical (unpaired) electrons. The number of rotatable bonds is 1. The molecule has 2 bridgehead atoms. The highest BCUT2D eigenvalue weighted by atomic mass is 16.6. The molecule has 1 atom stereocenters. The molecule has 5 heteroatoms. The Morgan fingerprint density at radius 3 is 2.32 bits per heavy atom. The second-order valence-electron chi connectivity index (χ2n) is 8.06. The maximum Gasteiger partial charge on any atom is 0.410 e. The molecule has 4 saturated heterocycles. The molecule has 0 aliphatic carbocycles. The van der Waals surface area contributed by atoms with Gasteiger partial charge in [0.2, 0.25) is 0 Å². The molecule has 0 aromatic carbocycles. The molecule has 4 aliphatic heterocycles. The zero-order valence-electron chi connectivity index (χ0n) is 14.4. The molecular formula is C17H31N3O2. The third kappa shape index (κ3) is 3.74. The zero-order chi connectivity index (χ0) is 15.7. The van der Waals surface area contributed by atoms with E-state index in [9.17, 15) is 4.79 Å². The summed E-state index contributed by atoms with van der Waals surface area (Å²) in [7, 11) is 0. The summed E-state index contributed by atoms with van der Waals surface area (Å²) < 4.78 is 5.52. The van der Waals surface area contributed by atoms with Gasteiger partial charge in [0, 0.05) is 38.8 Å². The van der Waals surface area contributed by atoms with Crippen LogP contribution in [0.2, 0.25) is 0 Å². The van der Waals surface area contributed by atoms with Gasteiger partial charge in [-0.05, 0) is 59.0 Å². The lowest BCUT2D eigenvalue weighted by molar-refractivity contribution is 0.00488. The first-order valence-corrected chi connectivity index (χ1v) is 8.87. The molecular weight excluding hydrogens is 278 g/mol. The van der Waals surface area contributed by atoms with Gasteiger partial charge in [-0.25, -0.2) is 4.79 Å². The average molecular weight is 309 g/mol. The van der Waals surface area contributed by atoms with Gasteiger partial charge in [0.1, 0.15) is 5.60 Å². The van der Waals surface area contributed by atoms with Crippen LogP contribution in [0, 0.1) is 5.92 Å². The molecule has 0 saturated carbocycles. The van der Waals surface area contributed by atoms with Gasteiger partial charge in [-0.15, -0.1) is 0 Å². The summed E-state index contributed by atoms with van der Waals surface area (Å²) in [4.78, 5) is 19.4. The van der Waals surface area contributed by atoms with E-state index in [2.05, 4.69) is 9.80 Å². The first-order valence-electron chi connectivity index (χ1n) is 8.87. The highest BCUT2D eigenvalue weighted by Crippen LogP contribution is 2.31. The number of carbonyl (C=O) groups is 1. The number of amides is 1. The molecule has 5 nitrogen and oxygen atoms in total. The minimum absolute atomic E-state index is 0.150. The first-order chi connectivity index (χ1) is 10.4. The summed E-state index contributed by atoms with van der Waals surface area (Å²) in [6.45, 7) is 13.4. The summed E-state index contributed by atoms with van der Waals surface area (Å²) in [6.07, 6.45) is 3.62. The van der Waals surface area contributed by atoms with Crippen molar-refractivity contribution in [2.45, 2.75) is 51.7 Å². The quantitative estimate of drug-likeness (QED) is 0.742. The molecule has 4 aliphatic rings. The number of piperidine rings is 3. The van der Waals surface area contributed by atoms with Crippen LogP contribution in [0.15, 0.2) is 0 Å². The lowest BCUT2D eigenvalue weighted by Gasteiger charge is -2.49. The van der Waals surface area contributed by atoms with E-state index in [4.69, 9.17) is 4.74 Å². The Morgan fingerprint density at radius 1 is 1.00 bits per heavy atom. The molecule has 4 heterocycles. The third-order valence-corrected chi connectivity index (χ3v) is 5.27. The monoisotopic (exact) mass is 309 g/mol. The Hall–Kier alpha value is -0.810. The van der Waals surface area contributed by atoms with Gasteiger partial charge in [-0.1, -0.05) is 0 Å². The van der Waals surface area contributed by atoms with Crippen LogP contribution in [0.1, 0.15) is 40.0 Å². The van der Waals surface area contributed by atoms with E-state index in [1.165, 1.54) is 32.5 Å². The summed E-state index contributed by atoms with van der Waals surface area (Å²) in [5.74, 6) is 0.873. The van der Waals surface area contributed by atoms with Gasteiger partial charge in [0.05, 0.1) is 0 Å². The number of fused-ring (bicyclic) bond motifs is 3. The molecule has 1 unspecified atom stereocenters. The van der Waals surface area contributed by atoms with Crippen molar-refractivity contribution in [2.75, 3.05) is 45.8 Å². The molecule has 4 fully saturated rings. The molecule has 0 spiro atoms. The van der Waals surface area contributed by atoms with Crippen molar-refractivity contribution in [2.24, 2.45) is 5.92 Å². The minimum Gasteiger partial charge on any atom is -0.444 e. The second-order valence-corrected chi connectivity index (χ2v) is 8.06. The van der Waals surface area contributed by atoms with Crippen molar-refractivity contribution in [3.8, 4) is 0 Å². The number of carbonyl (C=O) groups excluding carboxylic acids is 1. The minimum atomic E-state index is -0.404. The van der Waals surface area contributed by atoms with E-state index in [0.29, 0.717) is 6.04 Å². The summed E-state index contributed by atoms with van der Waals surface area (Å²) >= 11 is 0. The Kier molecular flexibility index (Phi) is 4.64. The van der Waals surface area contributed by atoms with Gasteiger partial charge in [0.25, 0.3) is 0 Å². The SMILES string of the molecule is CC(C)(C)OC(=O)N1CCCN(C2CN3CCC2CC3)CC1. The van der Waals surface area contributed by atoms with Crippen molar-refractivity contribution in [1.29, 1.82) is 0 Å². The normalized spacial score (nSPS) is 33.6. The Morgan fingerprint density at radius 2 is 1.73 bits per heavy atom. The standard InChI is InChI=1S/C17H31N3O2/c1-17(2,3)22-16(21)20-8-4-7-19(11-12-20)15-13-18-9-5-14(15)6-10-18/h14-15H,4-13H2,1-3H3. The van der Waals surface area contributed by atoms with E-state index >= 15 is 0 Å². The molecule has 0 aromatic heterocycles. The fourth-order valence-electron chi connectivity index (χ4n) is 4.13. The zero-order valence-corrected chi connectivity index (χ0v) is 14.4. The Bertz CT molecular complexity index is 399. The lowest BCUT2D eigenvalue weighted by atomic mass is 9.83. The van der Waals surface area contributed by atoms with Gasteiger partial charge in [0.15, 0.2) is 0 Å². The van der Waals surface area contributed by atoms with Gasteiger partial charge in [-0.3, -0.25) is 4.90 Å². The number of nitrogens with zero attached hydrogens (tertiary/aromatic N) is 3. The fourth-order valence-corrected chi connectivity index (χ4v) is 4.13. The van der Waals surface area contributed by atoms with Crippen LogP contribution in [0.4, 0.5) is 4.79 Å². The second kappa shape index (κ2) is 6.36. The number of hydrogen-bond donors (Lipinski definition) is 0. The molecule has 22 heavy (non-hydrogen) atoms. The Labute approximate surface area is 134 Å². The van der Waals surface area contributed by atoms with Crippen LogP contribution >= 0.6 is 0 Å². The van der Waals surface area contributed by atoms with Crippen molar-refractivity contribution < 1.29 is 9.53 Å². The Balaban J connectivity index is 1.55. The molecule has 0 N–H and O–H groups in total. The van der Waals surface area contributed by atoms with Gasteiger partial charge >= 0.3 is 6.09 Å². The van der Waals surface area contributed by atoms with Crippen molar-refractivity contribution in [3.05, 3.63) is 0 Å². The van der Waals surface area contributed by atoms with Gasteiger partial charge < -0.3 is 14.5 Å². The largest absolute Gasteiger partial charge is 0.444 e. The summed E-state index contributed by atoms with van der Waals surface area (Å²) in [5.41, 5.74) is -0.404. The maximum absolute atomic E-state index is 12.3. The van der Waals surface area contributed by atoms with E-state index < -0.39 is 5.60 Å². The lowest BCUT2D eigenvalue weighted by Crippen LogP contribution is -2.57. The highest BCUT2D eigenvalue weighted by molar-refractivity contribution is 5.68. The molecule has 0 aromatic rings. The topological polar surface area (TPSA) is 36.0 Å². The van der Waals surface area contributed by atoms with E-state index in [0.717, 1.165) is 38.5 Å². The molecule has 1 amide bonds. The predicted octanol–water partition coefficient (Wildman–Crippen LogP) is 2.02. The third-order valence-electron chi connectivity index (χ3n) is 5.27. The van der Waals surface area contributed by atoms with Crippen LogP contribution in [-0.2, 0) is 4.74 Å². The summed E-state index contributed by atoms with van der Waals surface area (Å²) in [6, 6.07) is 0.709. The van der Waals surface area contributed by atoms with Crippen LogP contribution in [0.25, 0.3) is 0 Å². The van der Waals surface area contributed by atoms with Crippen LogP contribution in [-0.4, -0.2) is 78.2 Å². The smallest absolute Gasteiger partial charge is 0.410 e. The maximum atomic E-state index is 12.3. The summed E-state index contributed by atoms with van der Waals surface area (Å²) in [5, 5.41) is 0. The van der Waals surface area contributed by atoms with Crippen molar-refractivity contribution in [3.63, 3.8) is 0 Å². The highest BCUT2D eigenvalue weighted by Gasteiger charge is 2.38. The van der Waals surface area contributed by atoms with E-state index in [1.807, 2.05) is 25.7 Å². The fraction of sp³-hybridized carbons (Fsp3) is 0.941. The van der Waals surface area contributed by atoms with Crippen molar-refractivity contribution in [1.82, 2.24) is 14.7 Å². The number of hydrogen-bond acceptors (Lipinski definition) is 4.